The Balaban J connectivity index is 1.53. The number of ether oxygens (including phenoxy) is 1. The number of hydrogen-bond acceptors (Lipinski definition) is 3. The second-order valence-electron chi connectivity index (χ2n) is 6.54. The number of halogens is 1. The van der Waals surface area contributed by atoms with Crippen LogP contribution in [0.3, 0.4) is 0 Å². The van der Waals surface area contributed by atoms with Crippen molar-refractivity contribution in [3.05, 3.63) is 68.1 Å². The Hall–Kier alpha value is -2.11. The Labute approximate surface area is 157 Å². The Morgan fingerprint density at radius 1 is 1.23 bits per heavy atom. The zero-order valence-corrected chi connectivity index (χ0v) is 15.6. The van der Waals surface area contributed by atoms with Crippen LogP contribution < -0.4 is 10.9 Å². The third kappa shape index (κ3) is 4.34. The Bertz CT molecular complexity index is 843. The van der Waals surface area contributed by atoms with Gasteiger partial charge in [0.2, 0.25) is 0 Å². The number of aromatic nitrogens is 1. The minimum absolute atomic E-state index is 0.214. The highest BCUT2D eigenvalue weighted by atomic mass is 35.5. The monoisotopic (exact) mass is 374 g/mol. The van der Waals surface area contributed by atoms with Gasteiger partial charge in [-0.3, -0.25) is 9.59 Å². The minimum Gasteiger partial charge on any atom is -0.375 e. The molecule has 1 aliphatic rings. The maximum absolute atomic E-state index is 12.4. The fraction of sp³-hybridized carbons (Fsp3) is 0.400. The third-order valence-corrected chi connectivity index (χ3v) is 4.95. The summed E-state index contributed by atoms with van der Waals surface area (Å²) in [4.78, 5) is 24.8. The summed E-state index contributed by atoms with van der Waals surface area (Å²) in [6, 6.07) is 9.19. The number of aryl methyl sites for hydroxylation is 1. The van der Waals surface area contributed by atoms with E-state index in [1.807, 2.05) is 24.3 Å². The molecule has 0 bridgehead atoms. The van der Waals surface area contributed by atoms with Gasteiger partial charge in [-0.15, -0.1) is 0 Å². The fourth-order valence-corrected chi connectivity index (χ4v) is 3.38. The summed E-state index contributed by atoms with van der Waals surface area (Å²) in [7, 11) is 1.75. The van der Waals surface area contributed by atoms with E-state index in [1.165, 1.54) is 0 Å². The van der Waals surface area contributed by atoms with Gasteiger partial charge in [-0.2, -0.15) is 0 Å². The van der Waals surface area contributed by atoms with E-state index in [2.05, 4.69) is 5.32 Å². The van der Waals surface area contributed by atoms with Gasteiger partial charge in [0.1, 0.15) is 5.56 Å². The molecule has 138 valence electrons. The SMILES string of the molecule is Cn1c2c(cc(C(=O)NCCOCc3ccc(Cl)cc3)c1=O)CCCC2. The molecule has 0 aliphatic heterocycles. The average Bonchev–Trinajstić information content (AvgIpc) is 2.65. The van der Waals surface area contributed by atoms with E-state index in [0.717, 1.165) is 42.5 Å². The van der Waals surface area contributed by atoms with Gasteiger partial charge in [0.05, 0.1) is 13.2 Å². The molecule has 1 N–H and O–H groups in total. The van der Waals surface area contributed by atoms with Crippen LogP contribution in [0.25, 0.3) is 0 Å². The number of carbonyl (C=O) groups excluding carboxylic acids is 1. The number of fused-ring (bicyclic) bond motifs is 1. The van der Waals surface area contributed by atoms with Gasteiger partial charge in [-0.05, 0) is 55.0 Å². The second kappa shape index (κ2) is 8.52. The number of hydrogen-bond donors (Lipinski definition) is 1. The van der Waals surface area contributed by atoms with Crippen LogP contribution in [0.2, 0.25) is 5.02 Å². The van der Waals surface area contributed by atoms with Crippen molar-refractivity contribution in [3.63, 3.8) is 0 Å². The molecule has 0 fully saturated rings. The van der Waals surface area contributed by atoms with Crippen LogP contribution in [-0.2, 0) is 31.2 Å². The lowest BCUT2D eigenvalue weighted by atomic mass is 9.94. The number of nitrogens with zero attached hydrogens (tertiary/aromatic N) is 1. The maximum atomic E-state index is 12.4. The van der Waals surface area contributed by atoms with Crippen molar-refractivity contribution in [2.75, 3.05) is 13.2 Å². The molecule has 0 radical (unpaired) electrons. The lowest BCUT2D eigenvalue weighted by Gasteiger charge is -2.20. The summed E-state index contributed by atoms with van der Waals surface area (Å²) in [6.45, 7) is 1.18. The van der Waals surface area contributed by atoms with E-state index in [0.29, 0.717) is 24.8 Å². The first-order chi connectivity index (χ1) is 12.6. The smallest absolute Gasteiger partial charge is 0.263 e. The Morgan fingerprint density at radius 3 is 2.73 bits per heavy atom. The highest BCUT2D eigenvalue weighted by molar-refractivity contribution is 6.30. The molecule has 1 heterocycles. The van der Waals surface area contributed by atoms with Gasteiger partial charge < -0.3 is 14.6 Å². The van der Waals surface area contributed by atoms with Gasteiger partial charge in [0, 0.05) is 24.3 Å². The zero-order valence-electron chi connectivity index (χ0n) is 14.9. The predicted octanol–water partition coefficient (Wildman–Crippen LogP) is 2.86. The van der Waals surface area contributed by atoms with Crippen LogP contribution in [0.4, 0.5) is 0 Å². The summed E-state index contributed by atoms with van der Waals surface area (Å²) in [6.07, 6.45) is 4.02. The molecular formula is C20H23ClN2O3. The van der Waals surface area contributed by atoms with E-state index in [-0.39, 0.29) is 17.0 Å². The van der Waals surface area contributed by atoms with E-state index >= 15 is 0 Å². The van der Waals surface area contributed by atoms with E-state index < -0.39 is 0 Å². The van der Waals surface area contributed by atoms with Gasteiger partial charge in [-0.1, -0.05) is 23.7 Å². The standard InChI is InChI=1S/C20H23ClN2O3/c1-23-18-5-3-2-4-15(18)12-17(20(23)25)19(24)22-10-11-26-13-14-6-8-16(21)9-7-14/h6-9,12H,2-5,10-11,13H2,1H3,(H,22,24). The van der Waals surface area contributed by atoms with Crippen molar-refractivity contribution in [3.8, 4) is 0 Å². The van der Waals surface area contributed by atoms with Crippen molar-refractivity contribution >= 4 is 17.5 Å². The molecule has 0 saturated heterocycles. The number of pyridine rings is 1. The Morgan fingerprint density at radius 2 is 1.96 bits per heavy atom. The molecule has 2 aromatic rings. The molecule has 0 saturated carbocycles. The molecule has 3 rings (SSSR count). The van der Waals surface area contributed by atoms with Crippen molar-refractivity contribution < 1.29 is 9.53 Å². The maximum Gasteiger partial charge on any atom is 0.263 e. The Kier molecular flexibility index (Phi) is 6.12. The number of nitrogens with one attached hydrogen (secondary N) is 1. The fourth-order valence-electron chi connectivity index (χ4n) is 3.26. The highest BCUT2D eigenvalue weighted by Crippen LogP contribution is 2.20. The molecule has 1 aliphatic carbocycles. The molecule has 5 nitrogen and oxygen atoms in total. The molecule has 0 spiro atoms. The van der Waals surface area contributed by atoms with Crippen LogP contribution in [0.15, 0.2) is 35.1 Å². The molecule has 26 heavy (non-hydrogen) atoms. The topological polar surface area (TPSA) is 60.3 Å². The first-order valence-electron chi connectivity index (χ1n) is 8.88. The quantitative estimate of drug-likeness (QED) is 0.791. The summed E-state index contributed by atoms with van der Waals surface area (Å²) in [5.41, 5.74) is 3.17. The van der Waals surface area contributed by atoms with E-state index in [1.54, 1.807) is 17.7 Å². The minimum atomic E-state index is -0.339. The summed E-state index contributed by atoms with van der Waals surface area (Å²) in [5, 5.41) is 3.46. The first-order valence-corrected chi connectivity index (χ1v) is 9.26. The van der Waals surface area contributed by atoms with Crippen molar-refractivity contribution in [1.29, 1.82) is 0 Å². The molecule has 1 amide bonds. The molecule has 0 atom stereocenters. The van der Waals surface area contributed by atoms with Crippen LogP contribution in [0, 0.1) is 0 Å². The average molecular weight is 375 g/mol. The van der Waals surface area contributed by atoms with Crippen molar-refractivity contribution in [2.45, 2.75) is 32.3 Å². The van der Waals surface area contributed by atoms with Crippen molar-refractivity contribution in [1.82, 2.24) is 9.88 Å². The second-order valence-corrected chi connectivity index (χ2v) is 6.97. The number of rotatable bonds is 6. The van der Waals surface area contributed by atoms with Gasteiger partial charge >= 0.3 is 0 Å². The molecule has 1 aromatic heterocycles. The zero-order chi connectivity index (χ0) is 18.5. The normalized spacial score (nSPS) is 13.3. The molecule has 6 heteroatoms. The molecule has 0 unspecified atom stereocenters. The number of amides is 1. The van der Waals surface area contributed by atoms with Gasteiger partial charge in [0.25, 0.3) is 11.5 Å². The number of benzene rings is 1. The summed E-state index contributed by atoms with van der Waals surface area (Å²) < 4.78 is 7.17. The largest absolute Gasteiger partial charge is 0.375 e. The van der Waals surface area contributed by atoms with Crippen LogP contribution in [-0.4, -0.2) is 23.6 Å². The van der Waals surface area contributed by atoms with Crippen molar-refractivity contribution in [2.24, 2.45) is 7.05 Å². The summed E-state index contributed by atoms with van der Waals surface area (Å²) >= 11 is 5.84. The lowest BCUT2D eigenvalue weighted by Crippen LogP contribution is -2.36. The highest BCUT2D eigenvalue weighted by Gasteiger charge is 2.19. The van der Waals surface area contributed by atoms with Crippen LogP contribution in [0.5, 0.6) is 0 Å². The lowest BCUT2D eigenvalue weighted by molar-refractivity contribution is 0.0899. The van der Waals surface area contributed by atoms with Gasteiger partial charge in [-0.25, -0.2) is 0 Å². The first kappa shape index (κ1) is 18.7. The molecule has 1 aromatic carbocycles. The predicted molar refractivity (Wildman–Crippen MR) is 102 cm³/mol. The summed E-state index contributed by atoms with van der Waals surface area (Å²) in [5.74, 6) is -0.339. The van der Waals surface area contributed by atoms with Gasteiger partial charge in [0.15, 0.2) is 0 Å². The molecular weight excluding hydrogens is 352 g/mol. The van der Waals surface area contributed by atoms with E-state index in [4.69, 9.17) is 16.3 Å². The van der Waals surface area contributed by atoms with E-state index in [9.17, 15) is 9.59 Å². The number of carbonyl (C=O) groups is 1. The van der Waals surface area contributed by atoms with Crippen LogP contribution >= 0.6 is 11.6 Å². The van der Waals surface area contributed by atoms with Crippen LogP contribution in [0.1, 0.15) is 40.0 Å². The third-order valence-electron chi connectivity index (χ3n) is 4.70.